The molecule has 0 bridgehead atoms. The van der Waals surface area contributed by atoms with Gasteiger partial charge >= 0.3 is 0 Å². The Morgan fingerprint density at radius 1 is 1.39 bits per heavy atom. The Balaban J connectivity index is 2.14. The lowest BCUT2D eigenvalue weighted by atomic mass is 10.1. The lowest BCUT2D eigenvalue weighted by Gasteiger charge is -2.23. The zero-order valence-corrected chi connectivity index (χ0v) is 11.5. The molecule has 1 aliphatic heterocycles. The van der Waals surface area contributed by atoms with Crippen molar-refractivity contribution in [3.05, 3.63) is 0 Å². The summed E-state index contributed by atoms with van der Waals surface area (Å²) in [5.41, 5.74) is 0. The topological polar surface area (TPSA) is 61.4 Å². The van der Waals surface area contributed by atoms with E-state index in [2.05, 4.69) is 10.6 Å². The first-order valence-corrected chi connectivity index (χ1v) is 6.88. The molecule has 2 N–H and O–H groups in total. The van der Waals surface area contributed by atoms with Gasteiger partial charge in [0, 0.05) is 39.0 Å². The fraction of sp³-hybridized carbons (Fsp3) is 0.846. The zero-order valence-electron chi connectivity index (χ0n) is 11.5. The van der Waals surface area contributed by atoms with Gasteiger partial charge < -0.3 is 15.5 Å². The average molecular weight is 255 g/mol. The molecule has 1 unspecified atom stereocenters. The molecule has 1 saturated heterocycles. The van der Waals surface area contributed by atoms with E-state index in [9.17, 15) is 9.59 Å². The van der Waals surface area contributed by atoms with Gasteiger partial charge in [-0.2, -0.15) is 0 Å². The highest BCUT2D eigenvalue weighted by Gasteiger charge is 2.22. The van der Waals surface area contributed by atoms with Crippen molar-refractivity contribution in [1.82, 2.24) is 15.5 Å². The summed E-state index contributed by atoms with van der Waals surface area (Å²) >= 11 is 0. The molecular formula is C13H25N3O2. The molecule has 1 fully saturated rings. The highest BCUT2D eigenvalue weighted by atomic mass is 16.2. The molecule has 18 heavy (non-hydrogen) atoms. The van der Waals surface area contributed by atoms with Gasteiger partial charge in [-0.3, -0.25) is 9.59 Å². The van der Waals surface area contributed by atoms with E-state index in [-0.39, 0.29) is 11.8 Å². The fourth-order valence-corrected chi connectivity index (χ4v) is 2.10. The van der Waals surface area contributed by atoms with E-state index in [4.69, 9.17) is 0 Å². The molecule has 0 saturated carbocycles. The van der Waals surface area contributed by atoms with Crippen LogP contribution in [0.25, 0.3) is 0 Å². The molecule has 0 aromatic rings. The van der Waals surface area contributed by atoms with Crippen molar-refractivity contribution in [2.24, 2.45) is 0 Å². The Labute approximate surface area is 109 Å². The number of likely N-dealkylation sites (N-methyl/N-ethyl adjacent to an activating group) is 1. The van der Waals surface area contributed by atoms with Crippen LogP contribution in [0.4, 0.5) is 0 Å². The van der Waals surface area contributed by atoms with Crippen molar-refractivity contribution in [3.63, 3.8) is 0 Å². The summed E-state index contributed by atoms with van der Waals surface area (Å²) in [4.78, 5) is 25.1. The third kappa shape index (κ3) is 5.04. The van der Waals surface area contributed by atoms with Gasteiger partial charge in [-0.25, -0.2) is 0 Å². The molecule has 5 heteroatoms. The summed E-state index contributed by atoms with van der Waals surface area (Å²) in [7, 11) is 1.86. The number of nitrogens with zero attached hydrogens (tertiary/aromatic N) is 1. The minimum absolute atomic E-state index is 0.0508. The summed E-state index contributed by atoms with van der Waals surface area (Å²) in [5.74, 6) is 0.196. The first-order chi connectivity index (χ1) is 8.65. The lowest BCUT2D eigenvalue weighted by molar-refractivity contribution is -0.131. The predicted octanol–water partition coefficient (Wildman–Crippen LogP) is 0.503. The smallest absolute Gasteiger partial charge is 0.222 e. The Kier molecular flexibility index (Phi) is 6.72. The third-order valence-corrected chi connectivity index (χ3v) is 3.34. The van der Waals surface area contributed by atoms with Crippen LogP contribution in [0.3, 0.4) is 0 Å². The summed E-state index contributed by atoms with van der Waals surface area (Å²) < 4.78 is 0. The van der Waals surface area contributed by atoms with Gasteiger partial charge in [-0.1, -0.05) is 6.92 Å². The largest absolute Gasteiger partial charge is 0.356 e. The number of carbonyl (C=O) groups is 2. The van der Waals surface area contributed by atoms with Crippen LogP contribution in [0.1, 0.15) is 39.0 Å². The second kappa shape index (κ2) is 8.08. The van der Waals surface area contributed by atoms with Gasteiger partial charge in [0.25, 0.3) is 0 Å². The van der Waals surface area contributed by atoms with Gasteiger partial charge in [-0.15, -0.1) is 0 Å². The molecule has 1 atom stereocenters. The molecule has 2 amide bonds. The Bertz CT molecular complexity index is 275. The summed E-state index contributed by atoms with van der Waals surface area (Å²) in [6, 6.07) is 0.325. The zero-order chi connectivity index (χ0) is 13.4. The van der Waals surface area contributed by atoms with E-state index in [1.807, 2.05) is 18.9 Å². The third-order valence-electron chi connectivity index (χ3n) is 3.34. The number of hydrogen-bond acceptors (Lipinski definition) is 3. The predicted molar refractivity (Wildman–Crippen MR) is 71.2 cm³/mol. The lowest BCUT2D eigenvalue weighted by Crippen LogP contribution is -2.38. The molecule has 0 aromatic heterocycles. The second-order valence-corrected chi connectivity index (χ2v) is 4.85. The van der Waals surface area contributed by atoms with Crippen LogP contribution < -0.4 is 10.6 Å². The number of nitrogens with one attached hydrogen (secondary N) is 2. The van der Waals surface area contributed by atoms with Gasteiger partial charge in [-0.05, 0) is 25.8 Å². The van der Waals surface area contributed by atoms with Gasteiger partial charge in [0.2, 0.25) is 11.8 Å². The van der Waals surface area contributed by atoms with Crippen LogP contribution in [0.5, 0.6) is 0 Å². The van der Waals surface area contributed by atoms with Gasteiger partial charge in [0.15, 0.2) is 0 Å². The normalized spacial score (nSPS) is 18.7. The van der Waals surface area contributed by atoms with Crippen molar-refractivity contribution in [3.8, 4) is 0 Å². The Morgan fingerprint density at radius 3 is 2.78 bits per heavy atom. The van der Waals surface area contributed by atoms with Crippen LogP contribution in [-0.2, 0) is 9.59 Å². The number of hydrogen-bond donors (Lipinski definition) is 2. The van der Waals surface area contributed by atoms with Crippen LogP contribution >= 0.6 is 0 Å². The standard InChI is InChI=1S/C13H25N3O2/c1-3-8-15-12(17)5-4-6-13(18)16(2)11-7-9-14-10-11/h11,14H,3-10H2,1-2H3,(H,15,17). The van der Waals surface area contributed by atoms with Gasteiger partial charge in [0.05, 0.1) is 0 Å². The highest BCUT2D eigenvalue weighted by molar-refractivity contribution is 5.79. The minimum atomic E-state index is 0.0508. The molecule has 1 heterocycles. The molecule has 0 radical (unpaired) electrons. The van der Waals surface area contributed by atoms with E-state index < -0.39 is 0 Å². The van der Waals surface area contributed by atoms with Crippen molar-refractivity contribution < 1.29 is 9.59 Å². The summed E-state index contributed by atoms with van der Waals surface area (Å²) in [6.07, 6.45) is 3.52. The fourth-order valence-electron chi connectivity index (χ4n) is 2.10. The summed E-state index contributed by atoms with van der Waals surface area (Å²) in [6.45, 7) is 4.62. The Morgan fingerprint density at radius 2 is 2.17 bits per heavy atom. The maximum Gasteiger partial charge on any atom is 0.222 e. The van der Waals surface area contributed by atoms with Crippen LogP contribution in [0.2, 0.25) is 0 Å². The minimum Gasteiger partial charge on any atom is -0.356 e. The molecule has 5 nitrogen and oxygen atoms in total. The maximum absolute atomic E-state index is 11.9. The number of amides is 2. The molecule has 104 valence electrons. The maximum atomic E-state index is 11.9. The highest BCUT2D eigenvalue weighted by Crippen LogP contribution is 2.09. The molecule has 0 aliphatic carbocycles. The van der Waals surface area contributed by atoms with Crippen molar-refractivity contribution in [2.45, 2.75) is 45.1 Å². The van der Waals surface area contributed by atoms with E-state index in [1.54, 1.807) is 0 Å². The second-order valence-electron chi connectivity index (χ2n) is 4.85. The first-order valence-electron chi connectivity index (χ1n) is 6.88. The van der Waals surface area contributed by atoms with Crippen LogP contribution in [0, 0.1) is 0 Å². The van der Waals surface area contributed by atoms with E-state index in [0.29, 0.717) is 25.3 Å². The van der Waals surface area contributed by atoms with E-state index in [1.165, 1.54) is 0 Å². The Hall–Kier alpha value is -1.10. The van der Waals surface area contributed by atoms with Crippen molar-refractivity contribution >= 4 is 11.8 Å². The van der Waals surface area contributed by atoms with Gasteiger partial charge in [0.1, 0.15) is 0 Å². The molecular weight excluding hydrogens is 230 g/mol. The first kappa shape index (κ1) is 15.0. The number of rotatable bonds is 7. The molecule has 0 spiro atoms. The van der Waals surface area contributed by atoms with E-state index >= 15 is 0 Å². The molecule has 0 aromatic carbocycles. The van der Waals surface area contributed by atoms with Crippen molar-refractivity contribution in [2.75, 3.05) is 26.7 Å². The molecule has 1 rings (SSSR count). The van der Waals surface area contributed by atoms with Crippen LogP contribution in [0.15, 0.2) is 0 Å². The summed E-state index contributed by atoms with van der Waals surface area (Å²) in [5, 5.41) is 6.06. The number of carbonyl (C=O) groups excluding carboxylic acids is 2. The average Bonchev–Trinajstić information content (AvgIpc) is 2.89. The molecule has 1 aliphatic rings. The van der Waals surface area contributed by atoms with Crippen LogP contribution in [-0.4, -0.2) is 49.4 Å². The van der Waals surface area contributed by atoms with E-state index in [0.717, 1.165) is 32.5 Å². The SMILES string of the molecule is CCCNC(=O)CCCC(=O)N(C)C1CCNC1. The van der Waals surface area contributed by atoms with Crippen molar-refractivity contribution in [1.29, 1.82) is 0 Å². The quantitative estimate of drug-likeness (QED) is 0.696. The monoisotopic (exact) mass is 255 g/mol.